The van der Waals surface area contributed by atoms with Crippen LogP contribution in [0.4, 0.5) is 5.69 Å². The van der Waals surface area contributed by atoms with Crippen molar-refractivity contribution in [2.75, 3.05) is 11.3 Å². The molecule has 5 rings (SSSR count). The molecule has 0 spiro atoms. The van der Waals surface area contributed by atoms with Gasteiger partial charge in [0.05, 0.1) is 11.6 Å². The molecular formula is C27H24ClN3O5S. The minimum absolute atomic E-state index is 0.167. The van der Waals surface area contributed by atoms with E-state index in [1.165, 1.54) is 6.20 Å². The first kappa shape index (κ1) is 25.0. The van der Waals surface area contributed by atoms with E-state index < -0.39 is 21.6 Å². The Labute approximate surface area is 219 Å². The summed E-state index contributed by atoms with van der Waals surface area (Å²) in [5, 5.41) is 13.8. The predicted octanol–water partition coefficient (Wildman–Crippen LogP) is 5.27. The molecule has 1 heterocycles. The number of aliphatic carboxylic acids is 1. The van der Waals surface area contributed by atoms with Crippen LogP contribution >= 0.6 is 11.6 Å². The van der Waals surface area contributed by atoms with Crippen LogP contribution in [0, 0.1) is 0 Å². The van der Waals surface area contributed by atoms with Gasteiger partial charge in [0.2, 0.25) is 0 Å². The number of nitrogens with zero attached hydrogens (tertiary/aromatic N) is 1. The lowest BCUT2D eigenvalue weighted by Gasteiger charge is -2.11. The van der Waals surface area contributed by atoms with Gasteiger partial charge in [-0.05, 0) is 47.6 Å². The molecule has 4 aromatic rings. The predicted molar refractivity (Wildman–Crippen MR) is 142 cm³/mol. The second-order valence-electron chi connectivity index (χ2n) is 8.95. The van der Waals surface area contributed by atoms with E-state index in [-0.39, 0.29) is 18.0 Å². The SMILES string of the molecule is O=C(O)C1(c2ccc(-c3ccc(-c4oncc4NS(=O)(=O)NCCc4ccccc4Cl)cc3)cc2)CC1. The summed E-state index contributed by atoms with van der Waals surface area (Å²) in [7, 11) is -3.87. The highest BCUT2D eigenvalue weighted by atomic mass is 35.5. The molecule has 1 saturated carbocycles. The van der Waals surface area contributed by atoms with Gasteiger partial charge in [-0.1, -0.05) is 83.5 Å². The van der Waals surface area contributed by atoms with Gasteiger partial charge in [0.25, 0.3) is 10.2 Å². The molecule has 8 nitrogen and oxygen atoms in total. The second-order valence-corrected chi connectivity index (χ2v) is 10.9. The Morgan fingerprint density at radius 1 is 0.973 bits per heavy atom. The van der Waals surface area contributed by atoms with Crippen LogP contribution in [0.2, 0.25) is 5.02 Å². The van der Waals surface area contributed by atoms with Crippen molar-refractivity contribution in [2.45, 2.75) is 24.7 Å². The maximum absolute atomic E-state index is 12.6. The van der Waals surface area contributed by atoms with Gasteiger partial charge >= 0.3 is 5.97 Å². The summed E-state index contributed by atoms with van der Waals surface area (Å²) < 4.78 is 35.5. The lowest BCUT2D eigenvalue weighted by Crippen LogP contribution is -2.31. The fourth-order valence-corrected chi connectivity index (χ4v) is 5.38. The normalized spacial score (nSPS) is 14.3. The Morgan fingerprint density at radius 2 is 1.59 bits per heavy atom. The van der Waals surface area contributed by atoms with Gasteiger partial charge in [-0.25, -0.2) is 0 Å². The molecule has 1 aromatic heterocycles. The molecule has 190 valence electrons. The number of aromatic nitrogens is 1. The average Bonchev–Trinajstić information content (AvgIpc) is 3.59. The van der Waals surface area contributed by atoms with Crippen molar-refractivity contribution in [3.05, 3.63) is 95.1 Å². The highest BCUT2D eigenvalue weighted by molar-refractivity contribution is 7.90. The van der Waals surface area contributed by atoms with Crippen LogP contribution in [0.5, 0.6) is 0 Å². The standard InChI is InChI=1S/C27H24ClN3O5S/c28-23-4-2-1-3-20(23)13-16-30-37(34,35)31-24-17-29-36-25(24)21-7-5-18(6-8-21)19-9-11-22(12-10-19)27(14-15-27)26(32)33/h1-12,17,30-31H,13-16H2,(H,32,33). The Bertz CT molecular complexity index is 1530. The largest absolute Gasteiger partial charge is 0.481 e. The van der Waals surface area contributed by atoms with E-state index in [1.54, 1.807) is 6.07 Å². The van der Waals surface area contributed by atoms with Crippen LogP contribution in [0.3, 0.4) is 0 Å². The van der Waals surface area contributed by atoms with E-state index in [2.05, 4.69) is 14.6 Å². The maximum atomic E-state index is 12.6. The summed E-state index contributed by atoms with van der Waals surface area (Å²) in [6.07, 6.45) is 3.08. The highest BCUT2D eigenvalue weighted by Crippen LogP contribution is 2.48. The van der Waals surface area contributed by atoms with E-state index in [0.29, 0.717) is 29.8 Å². The quantitative estimate of drug-likeness (QED) is 0.253. The Morgan fingerprint density at radius 3 is 2.22 bits per heavy atom. The summed E-state index contributed by atoms with van der Waals surface area (Å²) in [6, 6.07) is 22.2. The number of hydrogen-bond acceptors (Lipinski definition) is 5. The third kappa shape index (κ3) is 5.39. The molecule has 0 atom stereocenters. The van der Waals surface area contributed by atoms with Crippen molar-refractivity contribution >= 4 is 33.5 Å². The van der Waals surface area contributed by atoms with Gasteiger partial charge < -0.3 is 9.63 Å². The number of nitrogens with one attached hydrogen (secondary N) is 2. The Hall–Kier alpha value is -3.66. The molecule has 1 aliphatic carbocycles. The topological polar surface area (TPSA) is 122 Å². The smallest absolute Gasteiger partial charge is 0.314 e. The zero-order valence-electron chi connectivity index (χ0n) is 19.6. The molecule has 37 heavy (non-hydrogen) atoms. The van der Waals surface area contributed by atoms with Gasteiger partial charge in [-0.2, -0.15) is 13.1 Å². The zero-order chi connectivity index (χ0) is 26.0. The molecule has 0 unspecified atom stereocenters. The number of carboxylic acids is 1. The number of carbonyl (C=O) groups is 1. The minimum atomic E-state index is -3.87. The zero-order valence-corrected chi connectivity index (χ0v) is 21.2. The van der Waals surface area contributed by atoms with E-state index in [4.69, 9.17) is 16.1 Å². The van der Waals surface area contributed by atoms with Crippen LogP contribution in [-0.2, 0) is 26.8 Å². The highest BCUT2D eigenvalue weighted by Gasteiger charge is 2.51. The van der Waals surface area contributed by atoms with Crippen LogP contribution < -0.4 is 9.44 Å². The van der Waals surface area contributed by atoms with Crippen molar-refractivity contribution in [1.29, 1.82) is 0 Å². The summed E-state index contributed by atoms with van der Waals surface area (Å²) >= 11 is 6.13. The van der Waals surface area contributed by atoms with Gasteiger partial charge in [-0.3, -0.25) is 9.52 Å². The van der Waals surface area contributed by atoms with Crippen molar-refractivity contribution < 1.29 is 22.8 Å². The number of halogens is 1. The molecule has 0 bridgehead atoms. The maximum Gasteiger partial charge on any atom is 0.314 e. The van der Waals surface area contributed by atoms with Crippen molar-refractivity contribution in [3.8, 4) is 22.5 Å². The average molecular weight is 538 g/mol. The number of anilines is 1. The lowest BCUT2D eigenvalue weighted by atomic mass is 9.93. The van der Waals surface area contributed by atoms with Crippen LogP contribution in [0.15, 0.2) is 83.5 Å². The number of benzene rings is 3. The first-order chi connectivity index (χ1) is 17.8. The fraction of sp³-hybridized carbons (Fsp3) is 0.185. The summed E-state index contributed by atoms with van der Waals surface area (Å²) in [6.45, 7) is 0.167. The number of hydrogen-bond donors (Lipinski definition) is 3. The summed E-state index contributed by atoms with van der Waals surface area (Å²) in [4.78, 5) is 11.6. The molecule has 1 fully saturated rings. The van der Waals surface area contributed by atoms with E-state index >= 15 is 0 Å². The molecule has 10 heteroatoms. The Balaban J connectivity index is 1.25. The van der Waals surface area contributed by atoms with Gasteiger partial charge in [-0.15, -0.1) is 0 Å². The summed E-state index contributed by atoms with van der Waals surface area (Å²) in [5.74, 6) is -0.491. The number of rotatable bonds is 10. The minimum Gasteiger partial charge on any atom is -0.481 e. The molecule has 3 aromatic carbocycles. The molecule has 0 amide bonds. The fourth-order valence-electron chi connectivity index (χ4n) is 4.27. The summed E-state index contributed by atoms with van der Waals surface area (Å²) in [5.41, 5.74) is 3.67. The van der Waals surface area contributed by atoms with Gasteiger partial charge in [0.1, 0.15) is 5.69 Å². The molecule has 0 saturated heterocycles. The molecule has 0 aliphatic heterocycles. The monoisotopic (exact) mass is 537 g/mol. The van der Waals surface area contributed by atoms with Crippen LogP contribution in [-0.4, -0.2) is 31.2 Å². The first-order valence-electron chi connectivity index (χ1n) is 11.7. The third-order valence-electron chi connectivity index (χ3n) is 6.54. The molecular weight excluding hydrogens is 514 g/mol. The van der Waals surface area contributed by atoms with Crippen LogP contribution in [0.1, 0.15) is 24.0 Å². The van der Waals surface area contributed by atoms with E-state index in [0.717, 1.165) is 22.3 Å². The molecule has 3 N–H and O–H groups in total. The van der Waals surface area contributed by atoms with E-state index in [9.17, 15) is 18.3 Å². The third-order valence-corrected chi connectivity index (χ3v) is 7.98. The van der Waals surface area contributed by atoms with Crippen LogP contribution in [0.25, 0.3) is 22.5 Å². The van der Waals surface area contributed by atoms with Crippen molar-refractivity contribution in [1.82, 2.24) is 9.88 Å². The lowest BCUT2D eigenvalue weighted by molar-refractivity contribution is -0.140. The van der Waals surface area contributed by atoms with Crippen molar-refractivity contribution in [3.63, 3.8) is 0 Å². The van der Waals surface area contributed by atoms with Gasteiger partial charge in [0, 0.05) is 17.1 Å². The second kappa shape index (κ2) is 10.0. The van der Waals surface area contributed by atoms with Gasteiger partial charge in [0.15, 0.2) is 5.76 Å². The van der Waals surface area contributed by atoms with E-state index in [1.807, 2.05) is 66.7 Å². The Kier molecular flexibility index (Phi) is 6.76. The molecule has 1 aliphatic rings. The molecule has 0 radical (unpaired) electrons. The number of carboxylic acid groups (broad SMARTS) is 1. The van der Waals surface area contributed by atoms with Crippen molar-refractivity contribution in [2.24, 2.45) is 0 Å². The first-order valence-corrected chi connectivity index (χ1v) is 13.5.